The minimum atomic E-state index is -0.149. The Morgan fingerprint density at radius 1 is 0.659 bits per heavy atom. The van der Waals surface area contributed by atoms with E-state index in [0.29, 0.717) is 23.8 Å². The van der Waals surface area contributed by atoms with E-state index in [1.54, 1.807) is 6.07 Å². The van der Waals surface area contributed by atoms with Crippen molar-refractivity contribution in [3.05, 3.63) is 161 Å². The molecule has 0 atom stereocenters. The predicted molar refractivity (Wildman–Crippen MR) is 172 cm³/mol. The van der Waals surface area contributed by atoms with Gasteiger partial charge in [-0.05, 0) is 68.9 Å². The normalized spacial score (nSPS) is 11.2. The van der Waals surface area contributed by atoms with Crippen LogP contribution in [0.3, 0.4) is 0 Å². The van der Waals surface area contributed by atoms with Crippen LogP contribution in [0.4, 0.5) is 10.5 Å². The Balaban J connectivity index is 1.38. The number of benzene rings is 6. The quantitative estimate of drug-likeness (QED) is 0.186. The Hall–Kier alpha value is -4.60. The third-order valence-electron chi connectivity index (χ3n) is 7.69. The van der Waals surface area contributed by atoms with Crippen molar-refractivity contribution in [2.75, 3.05) is 11.9 Å². The maximum absolute atomic E-state index is 14.0. The number of hydrogen-bond acceptors (Lipinski definition) is 1. The molecule has 0 aliphatic carbocycles. The second-order valence-electron chi connectivity index (χ2n) is 10.3. The van der Waals surface area contributed by atoms with Gasteiger partial charge in [-0.1, -0.05) is 127 Å². The van der Waals surface area contributed by atoms with Gasteiger partial charge in [-0.25, -0.2) is 4.79 Å². The van der Waals surface area contributed by atoms with Crippen LogP contribution in [-0.4, -0.2) is 17.5 Å². The van der Waals surface area contributed by atoms with Gasteiger partial charge in [0.15, 0.2) is 0 Å². The van der Waals surface area contributed by atoms with Crippen LogP contribution in [0.15, 0.2) is 140 Å². The summed E-state index contributed by atoms with van der Waals surface area (Å²) in [5, 5.41) is 8.35. The lowest BCUT2D eigenvalue weighted by Crippen LogP contribution is -2.36. The first-order chi connectivity index (χ1) is 20.2. The molecule has 0 aromatic heterocycles. The van der Waals surface area contributed by atoms with E-state index in [9.17, 15) is 4.79 Å². The number of fused-ring (bicyclic) bond motifs is 2. The van der Waals surface area contributed by atoms with Crippen molar-refractivity contribution < 1.29 is 4.79 Å². The zero-order valence-electron chi connectivity index (χ0n) is 22.7. The predicted octanol–water partition coefficient (Wildman–Crippen LogP) is 9.90. The van der Waals surface area contributed by atoms with E-state index in [2.05, 4.69) is 108 Å². The van der Waals surface area contributed by atoms with Crippen LogP contribution in [0.25, 0.3) is 21.5 Å². The van der Waals surface area contributed by atoms with Crippen molar-refractivity contribution in [3.8, 4) is 0 Å². The average Bonchev–Trinajstić information content (AvgIpc) is 3.01. The summed E-state index contributed by atoms with van der Waals surface area (Å²) in [7, 11) is 0. The number of nitrogens with zero attached hydrogens (tertiary/aromatic N) is 1. The second-order valence-corrected chi connectivity index (χ2v) is 10.8. The zero-order chi connectivity index (χ0) is 28.0. The molecule has 0 radical (unpaired) electrons. The van der Waals surface area contributed by atoms with E-state index in [-0.39, 0.29) is 11.9 Å². The Labute approximate surface area is 246 Å². The number of rotatable bonds is 8. The molecule has 0 bridgehead atoms. The number of urea groups is 1. The highest BCUT2D eigenvalue weighted by molar-refractivity contribution is 6.30. The van der Waals surface area contributed by atoms with Gasteiger partial charge in [0.25, 0.3) is 0 Å². The molecule has 0 fully saturated rings. The lowest BCUT2D eigenvalue weighted by Gasteiger charge is -2.27. The molecule has 41 heavy (non-hydrogen) atoms. The maximum Gasteiger partial charge on any atom is 0.322 e. The topological polar surface area (TPSA) is 32.3 Å². The van der Waals surface area contributed by atoms with Crippen LogP contribution in [-0.2, 0) is 6.54 Å². The highest BCUT2D eigenvalue weighted by Crippen LogP contribution is 2.32. The summed E-state index contributed by atoms with van der Waals surface area (Å²) < 4.78 is 0. The average molecular weight is 555 g/mol. The summed E-state index contributed by atoms with van der Waals surface area (Å²) in [6.45, 7) is 1.04. The molecule has 6 aromatic rings. The molecule has 6 aromatic carbocycles. The van der Waals surface area contributed by atoms with Crippen LogP contribution in [0.1, 0.15) is 29.0 Å². The molecule has 0 unspecified atom stereocenters. The van der Waals surface area contributed by atoms with E-state index in [1.165, 1.54) is 21.9 Å². The van der Waals surface area contributed by atoms with Crippen LogP contribution in [0.5, 0.6) is 0 Å². The molecule has 0 aliphatic heterocycles. The van der Waals surface area contributed by atoms with Gasteiger partial charge in [0.2, 0.25) is 0 Å². The number of hydrogen-bond donors (Lipinski definition) is 1. The van der Waals surface area contributed by atoms with Gasteiger partial charge in [0.1, 0.15) is 0 Å². The third kappa shape index (κ3) is 6.11. The molecular weight excluding hydrogens is 524 g/mol. The van der Waals surface area contributed by atoms with Gasteiger partial charge in [-0.15, -0.1) is 0 Å². The van der Waals surface area contributed by atoms with E-state index in [0.717, 1.165) is 22.8 Å². The Morgan fingerprint density at radius 3 is 1.80 bits per heavy atom. The first-order valence-corrected chi connectivity index (χ1v) is 14.3. The molecule has 4 heteroatoms. The summed E-state index contributed by atoms with van der Waals surface area (Å²) in [6.07, 6.45) is 0.777. The summed E-state index contributed by atoms with van der Waals surface area (Å²) in [6, 6.07) is 47.3. The molecule has 2 amide bonds. The fourth-order valence-electron chi connectivity index (χ4n) is 5.67. The van der Waals surface area contributed by atoms with Gasteiger partial charge in [-0.3, -0.25) is 0 Å². The van der Waals surface area contributed by atoms with Crippen molar-refractivity contribution in [1.82, 2.24) is 4.90 Å². The SMILES string of the molecule is O=C(Nc1cccc(Cl)c1)N(CCC(c1ccccc1)c1ccccc1)Cc1c2ccccc2cc2ccccc12. The van der Waals surface area contributed by atoms with Crippen LogP contribution >= 0.6 is 11.6 Å². The lowest BCUT2D eigenvalue weighted by molar-refractivity contribution is 0.208. The fraction of sp³-hybridized carbons (Fsp3) is 0.108. The number of carbonyl (C=O) groups excluding carboxylic acids is 1. The highest BCUT2D eigenvalue weighted by Gasteiger charge is 2.21. The Bertz CT molecular complexity index is 1690. The van der Waals surface area contributed by atoms with Crippen molar-refractivity contribution >= 4 is 44.9 Å². The van der Waals surface area contributed by atoms with Gasteiger partial charge in [0.05, 0.1) is 0 Å². The molecule has 0 saturated carbocycles. The van der Waals surface area contributed by atoms with Crippen molar-refractivity contribution in [2.24, 2.45) is 0 Å². The molecule has 3 nitrogen and oxygen atoms in total. The molecule has 0 saturated heterocycles. The molecular formula is C37H31ClN2O. The second kappa shape index (κ2) is 12.3. The molecule has 0 spiro atoms. The lowest BCUT2D eigenvalue weighted by atomic mass is 9.88. The first-order valence-electron chi connectivity index (χ1n) is 14.0. The van der Waals surface area contributed by atoms with Crippen LogP contribution < -0.4 is 5.32 Å². The summed E-state index contributed by atoms with van der Waals surface area (Å²) in [5.41, 5.74) is 4.31. The van der Waals surface area contributed by atoms with Gasteiger partial charge in [0, 0.05) is 29.7 Å². The van der Waals surface area contributed by atoms with Gasteiger partial charge < -0.3 is 10.2 Å². The molecule has 0 aliphatic rings. The summed E-state index contributed by atoms with van der Waals surface area (Å²) >= 11 is 6.24. The van der Waals surface area contributed by atoms with Crippen LogP contribution in [0.2, 0.25) is 5.02 Å². The fourth-order valence-corrected chi connectivity index (χ4v) is 5.86. The number of anilines is 1. The van der Waals surface area contributed by atoms with Crippen molar-refractivity contribution in [3.63, 3.8) is 0 Å². The highest BCUT2D eigenvalue weighted by atomic mass is 35.5. The number of nitrogens with one attached hydrogen (secondary N) is 1. The monoisotopic (exact) mass is 554 g/mol. The van der Waals surface area contributed by atoms with Crippen molar-refractivity contribution in [1.29, 1.82) is 0 Å². The number of carbonyl (C=O) groups is 1. The summed E-state index contributed by atoms with van der Waals surface area (Å²) in [5.74, 6) is 0.156. The van der Waals surface area contributed by atoms with Crippen LogP contribution in [0, 0.1) is 0 Å². The largest absolute Gasteiger partial charge is 0.322 e. The van der Waals surface area contributed by atoms with E-state index in [4.69, 9.17) is 11.6 Å². The van der Waals surface area contributed by atoms with Gasteiger partial charge >= 0.3 is 6.03 Å². The minimum absolute atomic E-state index is 0.149. The van der Waals surface area contributed by atoms with E-state index < -0.39 is 0 Å². The number of amides is 2. The Kier molecular flexibility index (Phi) is 7.97. The summed E-state index contributed by atoms with van der Waals surface area (Å²) in [4.78, 5) is 15.9. The maximum atomic E-state index is 14.0. The standard InChI is InChI=1S/C37H31ClN2O/c38-31-18-11-19-32(25-31)39-37(41)40(23-22-33(27-12-3-1-4-13-27)28-14-5-2-6-15-28)26-36-34-20-9-7-16-29(34)24-30-17-8-10-21-35(30)36/h1-21,24-25,33H,22-23,26H2,(H,39,41). The zero-order valence-corrected chi connectivity index (χ0v) is 23.5. The molecule has 1 N–H and O–H groups in total. The molecule has 202 valence electrons. The Morgan fingerprint density at radius 2 is 1.22 bits per heavy atom. The van der Waals surface area contributed by atoms with Gasteiger partial charge in [-0.2, -0.15) is 0 Å². The number of halogens is 1. The first kappa shape index (κ1) is 26.6. The molecule has 0 heterocycles. The minimum Gasteiger partial charge on any atom is -0.320 e. The van der Waals surface area contributed by atoms with E-state index >= 15 is 0 Å². The third-order valence-corrected chi connectivity index (χ3v) is 7.92. The van der Waals surface area contributed by atoms with Crippen molar-refractivity contribution in [2.45, 2.75) is 18.9 Å². The molecule has 6 rings (SSSR count). The smallest absolute Gasteiger partial charge is 0.320 e. The van der Waals surface area contributed by atoms with E-state index in [1.807, 2.05) is 35.2 Å².